The van der Waals surface area contributed by atoms with Crippen molar-refractivity contribution in [3.8, 4) is 5.75 Å². The third-order valence-corrected chi connectivity index (χ3v) is 4.95. The SMILES string of the molecule is CC(C)c1ocnc1CN1CCC(Oc2cccc3[nH]ccc23)CC1. The molecule has 0 spiro atoms. The van der Waals surface area contributed by atoms with Crippen LogP contribution in [0.5, 0.6) is 5.75 Å². The van der Waals surface area contributed by atoms with E-state index in [9.17, 15) is 0 Å². The number of oxazole rings is 1. The van der Waals surface area contributed by atoms with E-state index in [0.29, 0.717) is 5.92 Å². The number of aromatic nitrogens is 2. The van der Waals surface area contributed by atoms with Crippen LogP contribution in [0.25, 0.3) is 10.9 Å². The Hall–Kier alpha value is -2.27. The minimum absolute atomic E-state index is 0.277. The van der Waals surface area contributed by atoms with Crippen molar-refractivity contribution in [3.05, 3.63) is 48.3 Å². The van der Waals surface area contributed by atoms with Crippen LogP contribution in [0, 0.1) is 0 Å². The maximum atomic E-state index is 6.29. The molecule has 25 heavy (non-hydrogen) atoms. The number of ether oxygens (including phenoxy) is 1. The lowest BCUT2D eigenvalue weighted by atomic mass is 10.1. The maximum Gasteiger partial charge on any atom is 0.181 e. The lowest BCUT2D eigenvalue weighted by Gasteiger charge is -2.32. The predicted octanol–water partition coefficient (Wildman–Crippen LogP) is 4.32. The first-order valence-corrected chi connectivity index (χ1v) is 9.08. The first-order chi connectivity index (χ1) is 12.2. The van der Waals surface area contributed by atoms with Crippen LogP contribution < -0.4 is 4.74 Å². The third-order valence-electron chi connectivity index (χ3n) is 4.95. The number of benzene rings is 1. The highest BCUT2D eigenvalue weighted by Gasteiger charge is 2.23. The third kappa shape index (κ3) is 3.42. The van der Waals surface area contributed by atoms with Crippen LogP contribution >= 0.6 is 0 Å². The molecule has 2 aromatic heterocycles. The Balaban J connectivity index is 1.35. The molecule has 0 unspecified atom stereocenters. The lowest BCUT2D eigenvalue weighted by molar-refractivity contribution is 0.0970. The van der Waals surface area contributed by atoms with E-state index in [-0.39, 0.29) is 6.10 Å². The van der Waals surface area contributed by atoms with Crippen molar-refractivity contribution in [2.45, 2.75) is 45.3 Å². The summed E-state index contributed by atoms with van der Waals surface area (Å²) in [5.74, 6) is 2.37. The fraction of sp³-hybridized carbons (Fsp3) is 0.450. The number of H-pyrrole nitrogens is 1. The van der Waals surface area contributed by atoms with Gasteiger partial charge in [-0.2, -0.15) is 0 Å². The molecule has 5 nitrogen and oxygen atoms in total. The zero-order valence-electron chi connectivity index (χ0n) is 14.9. The van der Waals surface area contributed by atoms with Gasteiger partial charge in [-0.15, -0.1) is 0 Å². The molecule has 3 aromatic rings. The normalized spacial score (nSPS) is 16.8. The highest BCUT2D eigenvalue weighted by Crippen LogP contribution is 2.28. The quantitative estimate of drug-likeness (QED) is 0.752. The summed E-state index contributed by atoms with van der Waals surface area (Å²) in [6.45, 7) is 7.21. The lowest BCUT2D eigenvalue weighted by Crippen LogP contribution is -2.38. The summed E-state index contributed by atoms with van der Waals surface area (Å²) in [6, 6.07) is 8.26. The Bertz CT molecular complexity index is 828. The zero-order valence-corrected chi connectivity index (χ0v) is 14.9. The summed E-state index contributed by atoms with van der Waals surface area (Å²) in [5, 5.41) is 1.16. The van der Waals surface area contributed by atoms with Crippen molar-refractivity contribution in [1.29, 1.82) is 0 Å². The molecule has 0 saturated carbocycles. The summed E-state index contributed by atoms with van der Waals surface area (Å²) >= 11 is 0. The fourth-order valence-electron chi connectivity index (χ4n) is 3.60. The molecule has 0 amide bonds. The standard InChI is InChI=1S/C20H25N3O2/c1-14(2)20-18(22-13-24-20)12-23-10-7-15(8-11-23)25-19-5-3-4-17-16(19)6-9-21-17/h3-6,9,13-15,21H,7-8,10-12H2,1-2H3. The van der Waals surface area contributed by atoms with Crippen LogP contribution in [0.2, 0.25) is 0 Å². The van der Waals surface area contributed by atoms with Crippen LogP contribution in [0.3, 0.4) is 0 Å². The molecule has 1 aliphatic rings. The van der Waals surface area contributed by atoms with Crippen LogP contribution in [0.4, 0.5) is 0 Å². The van der Waals surface area contributed by atoms with Gasteiger partial charge in [0.2, 0.25) is 0 Å². The first-order valence-electron chi connectivity index (χ1n) is 9.08. The second-order valence-electron chi connectivity index (χ2n) is 7.11. The van der Waals surface area contributed by atoms with E-state index in [4.69, 9.17) is 9.15 Å². The van der Waals surface area contributed by atoms with E-state index in [1.807, 2.05) is 12.3 Å². The van der Waals surface area contributed by atoms with E-state index in [1.165, 1.54) is 0 Å². The molecule has 5 heteroatoms. The number of hydrogen-bond acceptors (Lipinski definition) is 4. The molecule has 4 rings (SSSR count). The molecule has 1 aromatic carbocycles. The molecule has 3 heterocycles. The van der Waals surface area contributed by atoms with E-state index >= 15 is 0 Å². The highest BCUT2D eigenvalue weighted by molar-refractivity contribution is 5.85. The number of hydrogen-bond donors (Lipinski definition) is 1. The topological polar surface area (TPSA) is 54.3 Å². The van der Waals surface area contributed by atoms with Gasteiger partial charge in [-0.1, -0.05) is 19.9 Å². The Morgan fingerprint density at radius 2 is 2.12 bits per heavy atom. The molecule has 0 atom stereocenters. The Morgan fingerprint density at radius 3 is 2.92 bits per heavy atom. The van der Waals surface area contributed by atoms with Gasteiger partial charge < -0.3 is 14.1 Å². The smallest absolute Gasteiger partial charge is 0.181 e. The number of piperidine rings is 1. The van der Waals surface area contributed by atoms with Gasteiger partial charge in [0, 0.05) is 42.7 Å². The van der Waals surface area contributed by atoms with Gasteiger partial charge in [0.1, 0.15) is 17.6 Å². The van der Waals surface area contributed by atoms with Gasteiger partial charge in [0.25, 0.3) is 0 Å². The van der Waals surface area contributed by atoms with Crippen LogP contribution in [0.1, 0.15) is 44.1 Å². The van der Waals surface area contributed by atoms with Crippen LogP contribution in [0.15, 0.2) is 41.3 Å². The van der Waals surface area contributed by atoms with E-state index < -0.39 is 0 Å². The van der Waals surface area contributed by atoms with Gasteiger partial charge in [-0.3, -0.25) is 4.90 Å². The minimum Gasteiger partial charge on any atom is -0.490 e. The fourth-order valence-corrected chi connectivity index (χ4v) is 3.60. The minimum atomic E-state index is 0.277. The summed E-state index contributed by atoms with van der Waals surface area (Å²) in [6.07, 6.45) is 5.88. The summed E-state index contributed by atoms with van der Waals surface area (Å²) in [5.41, 5.74) is 2.20. The molecule has 0 bridgehead atoms. The summed E-state index contributed by atoms with van der Waals surface area (Å²) in [4.78, 5) is 10.1. The molecule has 1 aliphatic heterocycles. The zero-order chi connectivity index (χ0) is 17.2. The van der Waals surface area contributed by atoms with Gasteiger partial charge >= 0.3 is 0 Å². The van der Waals surface area contributed by atoms with Crippen LogP contribution in [-0.4, -0.2) is 34.1 Å². The predicted molar refractivity (Wildman–Crippen MR) is 97.8 cm³/mol. The Morgan fingerprint density at radius 1 is 1.28 bits per heavy atom. The summed E-state index contributed by atoms with van der Waals surface area (Å²) in [7, 11) is 0. The second kappa shape index (κ2) is 6.92. The van der Waals surface area contributed by atoms with E-state index in [0.717, 1.165) is 60.6 Å². The molecular formula is C20H25N3O2. The second-order valence-corrected chi connectivity index (χ2v) is 7.11. The Kier molecular flexibility index (Phi) is 4.49. The van der Waals surface area contributed by atoms with Crippen molar-refractivity contribution in [3.63, 3.8) is 0 Å². The number of likely N-dealkylation sites (tertiary alicyclic amines) is 1. The van der Waals surface area contributed by atoms with Crippen LogP contribution in [-0.2, 0) is 6.54 Å². The summed E-state index contributed by atoms with van der Waals surface area (Å²) < 4.78 is 11.8. The number of nitrogens with one attached hydrogen (secondary N) is 1. The van der Waals surface area contributed by atoms with Crippen molar-refractivity contribution in [2.24, 2.45) is 0 Å². The van der Waals surface area contributed by atoms with Crippen molar-refractivity contribution in [2.75, 3.05) is 13.1 Å². The average molecular weight is 339 g/mol. The molecule has 1 fully saturated rings. The number of aromatic amines is 1. The molecule has 0 aliphatic carbocycles. The van der Waals surface area contributed by atoms with Gasteiger partial charge in [-0.25, -0.2) is 4.98 Å². The highest BCUT2D eigenvalue weighted by atomic mass is 16.5. The first kappa shape index (κ1) is 16.2. The molecule has 0 radical (unpaired) electrons. The molecule has 132 valence electrons. The van der Waals surface area contributed by atoms with Crippen molar-refractivity contribution >= 4 is 10.9 Å². The maximum absolute atomic E-state index is 6.29. The number of fused-ring (bicyclic) bond motifs is 1. The van der Waals surface area contributed by atoms with Gasteiger partial charge in [0.15, 0.2) is 6.39 Å². The van der Waals surface area contributed by atoms with E-state index in [1.54, 1.807) is 6.39 Å². The Labute approximate surface area is 148 Å². The monoisotopic (exact) mass is 339 g/mol. The van der Waals surface area contributed by atoms with E-state index in [2.05, 4.69) is 46.9 Å². The van der Waals surface area contributed by atoms with Crippen molar-refractivity contribution in [1.82, 2.24) is 14.9 Å². The average Bonchev–Trinajstić information content (AvgIpc) is 3.26. The van der Waals surface area contributed by atoms with Crippen molar-refractivity contribution < 1.29 is 9.15 Å². The molecule has 1 saturated heterocycles. The molecular weight excluding hydrogens is 314 g/mol. The largest absolute Gasteiger partial charge is 0.490 e. The number of rotatable bonds is 5. The number of nitrogens with zero attached hydrogens (tertiary/aromatic N) is 2. The van der Waals surface area contributed by atoms with Gasteiger partial charge in [0.05, 0.1) is 5.69 Å². The van der Waals surface area contributed by atoms with Gasteiger partial charge in [-0.05, 0) is 31.0 Å². The molecule has 1 N–H and O–H groups in total.